The molecule has 0 spiro atoms. The van der Waals surface area contributed by atoms with Crippen LogP contribution in [-0.2, 0) is 0 Å². The number of nitrogens with one attached hydrogen (secondary N) is 1. The van der Waals surface area contributed by atoms with Gasteiger partial charge in [0.05, 0.1) is 26.0 Å². The summed E-state index contributed by atoms with van der Waals surface area (Å²) in [6, 6.07) is 1.67. The summed E-state index contributed by atoms with van der Waals surface area (Å²) >= 11 is 0. The Morgan fingerprint density at radius 3 is 2.90 bits per heavy atom. The van der Waals surface area contributed by atoms with Crippen LogP contribution in [0.4, 0.5) is 11.8 Å². The molecule has 0 aliphatic heterocycles. The van der Waals surface area contributed by atoms with Gasteiger partial charge in [0.25, 0.3) is 0 Å². The summed E-state index contributed by atoms with van der Waals surface area (Å²) in [6.45, 7) is 2.08. The second-order valence-electron chi connectivity index (χ2n) is 4.49. The summed E-state index contributed by atoms with van der Waals surface area (Å²) in [4.78, 5) is 12.6. The minimum absolute atomic E-state index is 0.0232. The van der Waals surface area contributed by atoms with Crippen LogP contribution in [-0.4, -0.2) is 39.8 Å². The minimum atomic E-state index is -0.0820. The molecular formula is C13H19N5O2. The zero-order valence-corrected chi connectivity index (χ0v) is 11.6. The van der Waals surface area contributed by atoms with Crippen LogP contribution in [0.2, 0.25) is 0 Å². The summed E-state index contributed by atoms with van der Waals surface area (Å²) in [5.41, 5.74) is 6.92. The Labute approximate surface area is 117 Å². The fourth-order valence-electron chi connectivity index (χ4n) is 1.98. The van der Waals surface area contributed by atoms with Crippen LogP contribution in [0.25, 0.3) is 11.0 Å². The summed E-state index contributed by atoms with van der Waals surface area (Å²) in [5, 5.41) is 12.5. The van der Waals surface area contributed by atoms with E-state index >= 15 is 0 Å². The Kier molecular flexibility index (Phi) is 4.52. The van der Waals surface area contributed by atoms with Crippen molar-refractivity contribution in [1.29, 1.82) is 0 Å². The van der Waals surface area contributed by atoms with Crippen LogP contribution < -0.4 is 15.8 Å². The van der Waals surface area contributed by atoms with Crippen LogP contribution in [0.15, 0.2) is 12.3 Å². The van der Waals surface area contributed by atoms with Crippen LogP contribution in [0, 0.1) is 0 Å². The third-order valence-electron chi connectivity index (χ3n) is 2.96. The molecule has 0 amide bonds. The molecule has 0 aromatic carbocycles. The van der Waals surface area contributed by atoms with E-state index in [0.29, 0.717) is 22.6 Å². The number of hydrogen-bond acceptors (Lipinski definition) is 7. The summed E-state index contributed by atoms with van der Waals surface area (Å²) in [7, 11) is 1.57. The molecule has 1 atom stereocenters. The lowest BCUT2D eigenvalue weighted by Crippen LogP contribution is -2.24. The topological polar surface area (TPSA) is 106 Å². The number of aromatic nitrogens is 3. The van der Waals surface area contributed by atoms with Crippen LogP contribution in [0.3, 0.4) is 0 Å². The molecule has 2 rings (SSSR count). The first-order chi connectivity index (χ1) is 9.67. The van der Waals surface area contributed by atoms with E-state index < -0.39 is 0 Å². The van der Waals surface area contributed by atoms with E-state index in [4.69, 9.17) is 10.5 Å². The lowest BCUT2D eigenvalue weighted by atomic mass is 10.2. The maximum absolute atomic E-state index is 9.36. The first kappa shape index (κ1) is 14.3. The number of methoxy groups -OCH3 is 1. The molecule has 0 fully saturated rings. The normalized spacial score (nSPS) is 12.3. The van der Waals surface area contributed by atoms with Crippen molar-refractivity contribution in [2.75, 3.05) is 24.8 Å². The molecule has 2 heterocycles. The molecule has 0 aliphatic rings. The van der Waals surface area contributed by atoms with E-state index in [9.17, 15) is 5.11 Å². The minimum Gasteiger partial charge on any atom is -0.495 e. The van der Waals surface area contributed by atoms with Crippen LogP contribution in [0.5, 0.6) is 5.75 Å². The predicted molar refractivity (Wildman–Crippen MR) is 77.7 cm³/mol. The maximum Gasteiger partial charge on any atom is 0.222 e. The van der Waals surface area contributed by atoms with Gasteiger partial charge in [0.15, 0.2) is 5.82 Å². The van der Waals surface area contributed by atoms with Gasteiger partial charge in [-0.25, -0.2) is 9.97 Å². The molecule has 2 aromatic rings. The molecular weight excluding hydrogens is 258 g/mol. The van der Waals surface area contributed by atoms with Gasteiger partial charge in [-0.1, -0.05) is 13.3 Å². The Morgan fingerprint density at radius 2 is 2.25 bits per heavy atom. The van der Waals surface area contributed by atoms with Crippen molar-refractivity contribution in [3.63, 3.8) is 0 Å². The maximum atomic E-state index is 9.36. The number of hydrogen-bond donors (Lipinski definition) is 3. The van der Waals surface area contributed by atoms with E-state index in [0.717, 1.165) is 12.8 Å². The number of aliphatic hydroxyl groups excluding tert-OH is 1. The fraction of sp³-hybridized carbons (Fsp3) is 0.462. The number of aliphatic hydroxyl groups is 1. The molecule has 0 radical (unpaired) electrons. The fourth-order valence-corrected chi connectivity index (χ4v) is 1.98. The molecule has 2 aromatic heterocycles. The highest BCUT2D eigenvalue weighted by Gasteiger charge is 2.13. The number of nitrogen functional groups attached to an aromatic ring is 1. The first-order valence-electron chi connectivity index (χ1n) is 6.52. The van der Waals surface area contributed by atoms with Crippen molar-refractivity contribution >= 4 is 22.8 Å². The van der Waals surface area contributed by atoms with Gasteiger partial charge in [0, 0.05) is 6.07 Å². The molecule has 0 bridgehead atoms. The van der Waals surface area contributed by atoms with Gasteiger partial charge < -0.3 is 20.9 Å². The Morgan fingerprint density at radius 1 is 1.45 bits per heavy atom. The highest BCUT2D eigenvalue weighted by Crippen LogP contribution is 2.23. The monoisotopic (exact) mass is 277 g/mol. The van der Waals surface area contributed by atoms with Crippen LogP contribution >= 0.6 is 0 Å². The number of pyridine rings is 1. The zero-order valence-electron chi connectivity index (χ0n) is 11.6. The summed E-state index contributed by atoms with van der Waals surface area (Å²) < 4.78 is 5.12. The molecule has 108 valence electrons. The van der Waals surface area contributed by atoms with Gasteiger partial charge in [-0.05, 0) is 6.42 Å². The zero-order chi connectivity index (χ0) is 14.5. The first-order valence-corrected chi connectivity index (χ1v) is 6.52. The second kappa shape index (κ2) is 6.33. The van der Waals surface area contributed by atoms with Crippen molar-refractivity contribution in [3.05, 3.63) is 12.3 Å². The van der Waals surface area contributed by atoms with Crippen molar-refractivity contribution in [3.8, 4) is 5.75 Å². The van der Waals surface area contributed by atoms with Gasteiger partial charge in [0.2, 0.25) is 5.95 Å². The van der Waals surface area contributed by atoms with Gasteiger partial charge in [-0.2, -0.15) is 4.98 Å². The Hall–Kier alpha value is -2.15. The SMILES string of the molecule is CCCC(CO)Nc1nc(N)nc2cc(OC)cnc12. The Balaban J connectivity index is 2.41. The van der Waals surface area contributed by atoms with E-state index in [1.54, 1.807) is 19.4 Å². The summed E-state index contributed by atoms with van der Waals surface area (Å²) in [6.07, 6.45) is 3.39. The lowest BCUT2D eigenvalue weighted by molar-refractivity contribution is 0.268. The van der Waals surface area contributed by atoms with E-state index in [-0.39, 0.29) is 18.6 Å². The third-order valence-corrected chi connectivity index (χ3v) is 2.96. The van der Waals surface area contributed by atoms with E-state index in [2.05, 4.69) is 27.2 Å². The van der Waals surface area contributed by atoms with Crippen molar-refractivity contribution in [2.45, 2.75) is 25.8 Å². The number of nitrogens with two attached hydrogens (primary N) is 1. The van der Waals surface area contributed by atoms with Crippen molar-refractivity contribution in [1.82, 2.24) is 15.0 Å². The van der Waals surface area contributed by atoms with Gasteiger partial charge in [-0.3, -0.25) is 0 Å². The molecule has 7 nitrogen and oxygen atoms in total. The molecule has 0 saturated heterocycles. The highest BCUT2D eigenvalue weighted by molar-refractivity contribution is 5.86. The van der Waals surface area contributed by atoms with Crippen LogP contribution in [0.1, 0.15) is 19.8 Å². The second-order valence-corrected chi connectivity index (χ2v) is 4.49. The quantitative estimate of drug-likeness (QED) is 0.728. The smallest absolute Gasteiger partial charge is 0.222 e. The van der Waals surface area contributed by atoms with Crippen molar-refractivity contribution < 1.29 is 9.84 Å². The number of fused-ring (bicyclic) bond motifs is 1. The molecule has 7 heteroatoms. The van der Waals surface area contributed by atoms with E-state index in [1.165, 1.54) is 0 Å². The molecule has 4 N–H and O–H groups in total. The van der Waals surface area contributed by atoms with Crippen molar-refractivity contribution in [2.24, 2.45) is 0 Å². The molecule has 20 heavy (non-hydrogen) atoms. The highest BCUT2D eigenvalue weighted by atomic mass is 16.5. The summed E-state index contributed by atoms with van der Waals surface area (Å²) in [5.74, 6) is 1.29. The standard InChI is InChI=1S/C13H19N5O2/c1-3-4-8(7-19)16-12-11-10(17-13(14)18-12)5-9(20-2)6-15-11/h5-6,8,19H,3-4,7H2,1-2H3,(H3,14,16,17,18). The average Bonchev–Trinajstić information content (AvgIpc) is 2.45. The predicted octanol–water partition coefficient (Wildman–Crippen LogP) is 1.19. The molecule has 0 saturated carbocycles. The number of rotatable bonds is 6. The van der Waals surface area contributed by atoms with E-state index in [1.807, 2.05) is 0 Å². The Bertz CT molecular complexity index is 590. The molecule has 0 aliphatic carbocycles. The number of ether oxygens (including phenoxy) is 1. The average molecular weight is 277 g/mol. The van der Waals surface area contributed by atoms with Gasteiger partial charge >= 0.3 is 0 Å². The van der Waals surface area contributed by atoms with Gasteiger partial charge in [-0.15, -0.1) is 0 Å². The largest absolute Gasteiger partial charge is 0.495 e. The number of anilines is 2. The lowest BCUT2D eigenvalue weighted by Gasteiger charge is -2.17. The third kappa shape index (κ3) is 3.05. The molecule has 1 unspecified atom stereocenters. The van der Waals surface area contributed by atoms with Gasteiger partial charge in [0.1, 0.15) is 16.8 Å². The number of nitrogens with zero attached hydrogens (tertiary/aromatic N) is 3.